The monoisotopic (exact) mass is 176 g/mol. The van der Waals surface area contributed by atoms with Gasteiger partial charge in [0.2, 0.25) is 0 Å². The third-order valence-electron chi connectivity index (χ3n) is 2.06. The molecule has 0 spiro atoms. The number of hydrogen-bond donors (Lipinski definition) is 2. The molecule has 4 heteroatoms. The van der Waals surface area contributed by atoms with Gasteiger partial charge in [0.05, 0.1) is 6.10 Å². The van der Waals surface area contributed by atoms with Crippen LogP contribution in [0.1, 0.15) is 12.8 Å². The van der Waals surface area contributed by atoms with Gasteiger partial charge in [0.1, 0.15) is 0 Å². The Bertz CT molecular complexity index is 123. The number of ether oxygens (including phenoxy) is 1. The third kappa shape index (κ3) is 2.33. The van der Waals surface area contributed by atoms with E-state index in [4.69, 9.17) is 10.5 Å². The van der Waals surface area contributed by atoms with Gasteiger partial charge in [0, 0.05) is 18.4 Å². The molecule has 66 valence electrons. The molecule has 0 radical (unpaired) electrons. The lowest BCUT2D eigenvalue weighted by molar-refractivity contribution is 0.112. The van der Waals surface area contributed by atoms with Gasteiger partial charge in [-0.1, -0.05) is 11.9 Å². The summed E-state index contributed by atoms with van der Waals surface area (Å²) in [5.41, 5.74) is 5.80. The van der Waals surface area contributed by atoms with Crippen molar-refractivity contribution in [3.05, 3.63) is 0 Å². The highest BCUT2D eigenvalue weighted by Crippen LogP contribution is 2.29. The quantitative estimate of drug-likeness (QED) is 0.610. The second-order valence-corrected chi connectivity index (χ2v) is 4.12. The molecule has 0 amide bonds. The number of methoxy groups -OCH3 is 1. The zero-order valence-electron chi connectivity index (χ0n) is 7.04. The van der Waals surface area contributed by atoms with Crippen molar-refractivity contribution in [1.29, 1.82) is 0 Å². The van der Waals surface area contributed by atoms with Gasteiger partial charge >= 0.3 is 0 Å². The Morgan fingerprint density at radius 3 is 2.82 bits per heavy atom. The SMILES string of the molecule is CNSC1CC(N)CC1OC. The van der Waals surface area contributed by atoms with Crippen molar-refractivity contribution < 1.29 is 4.74 Å². The molecule has 11 heavy (non-hydrogen) atoms. The van der Waals surface area contributed by atoms with Crippen LogP contribution in [-0.2, 0) is 4.74 Å². The molecule has 3 unspecified atom stereocenters. The summed E-state index contributed by atoms with van der Waals surface area (Å²) in [6.07, 6.45) is 2.39. The smallest absolute Gasteiger partial charge is 0.0717 e. The molecule has 0 aromatic rings. The average molecular weight is 176 g/mol. The maximum atomic E-state index is 5.80. The third-order valence-corrected chi connectivity index (χ3v) is 3.09. The molecule has 3 N–H and O–H groups in total. The highest BCUT2D eigenvalue weighted by atomic mass is 32.2. The lowest BCUT2D eigenvalue weighted by Crippen LogP contribution is -2.21. The van der Waals surface area contributed by atoms with Gasteiger partial charge in [-0.3, -0.25) is 4.72 Å². The summed E-state index contributed by atoms with van der Waals surface area (Å²) in [6, 6.07) is 0.325. The summed E-state index contributed by atoms with van der Waals surface area (Å²) in [4.78, 5) is 0. The molecular formula is C7H16N2OS. The van der Waals surface area contributed by atoms with E-state index in [1.54, 1.807) is 19.1 Å². The van der Waals surface area contributed by atoms with E-state index in [0.29, 0.717) is 17.4 Å². The van der Waals surface area contributed by atoms with Crippen LogP contribution in [0.2, 0.25) is 0 Å². The minimum atomic E-state index is 0.325. The maximum absolute atomic E-state index is 5.80. The van der Waals surface area contributed by atoms with Crippen molar-refractivity contribution in [2.45, 2.75) is 30.2 Å². The van der Waals surface area contributed by atoms with Gasteiger partial charge in [-0.05, 0) is 19.9 Å². The van der Waals surface area contributed by atoms with Crippen LogP contribution in [0.3, 0.4) is 0 Å². The van der Waals surface area contributed by atoms with Gasteiger partial charge in [-0.15, -0.1) is 0 Å². The second-order valence-electron chi connectivity index (χ2n) is 2.87. The van der Waals surface area contributed by atoms with Crippen molar-refractivity contribution in [3.63, 3.8) is 0 Å². The van der Waals surface area contributed by atoms with Gasteiger partial charge in [0.15, 0.2) is 0 Å². The van der Waals surface area contributed by atoms with E-state index in [9.17, 15) is 0 Å². The second kappa shape index (κ2) is 4.30. The molecule has 0 saturated heterocycles. The van der Waals surface area contributed by atoms with Crippen LogP contribution in [0.5, 0.6) is 0 Å². The summed E-state index contributed by atoms with van der Waals surface area (Å²) < 4.78 is 8.38. The molecule has 1 fully saturated rings. The predicted octanol–water partition coefficient (Wildman–Crippen LogP) is 0.359. The zero-order valence-corrected chi connectivity index (χ0v) is 7.86. The van der Waals surface area contributed by atoms with Crippen LogP contribution < -0.4 is 10.5 Å². The lowest BCUT2D eigenvalue weighted by atomic mass is 10.3. The lowest BCUT2D eigenvalue weighted by Gasteiger charge is -2.15. The first-order chi connectivity index (χ1) is 5.27. The van der Waals surface area contributed by atoms with Gasteiger partial charge in [0.25, 0.3) is 0 Å². The molecule has 3 atom stereocenters. The minimum absolute atomic E-state index is 0.325. The van der Waals surface area contributed by atoms with E-state index < -0.39 is 0 Å². The maximum Gasteiger partial charge on any atom is 0.0717 e. The Morgan fingerprint density at radius 2 is 2.27 bits per heavy atom. The largest absolute Gasteiger partial charge is 0.380 e. The zero-order chi connectivity index (χ0) is 8.27. The summed E-state index contributed by atoms with van der Waals surface area (Å²) in [6.45, 7) is 0. The van der Waals surface area contributed by atoms with Gasteiger partial charge < -0.3 is 10.5 Å². The molecule has 0 aromatic heterocycles. The fourth-order valence-electron chi connectivity index (χ4n) is 1.52. The Kier molecular flexibility index (Phi) is 3.65. The first-order valence-corrected chi connectivity index (χ1v) is 4.76. The van der Waals surface area contributed by atoms with E-state index in [-0.39, 0.29) is 0 Å². The van der Waals surface area contributed by atoms with Crippen LogP contribution in [0.15, 0.2) is 0 Å². The molecule has 1 rings (SSSR count). The molecule has 0 bridgehead atoms. The number of nitrogens with one attached hydrogen (secondary N) is 1. The van der Waals surface area contributed by atoms with Gasteiger partial charge in [-0.25, -0.2) is 0 Å². The van der Waals surface area contributed by atoms with E-state index in [1.807, 2.05) is 7.05 Å². The van der Waals surface area contributed by atoms with Crippen LogP contribution >= 0.6 is 11.9 Å². The topological polar surface area (TPSA) is 47.3 Å². The number of hydrogen-bond acceptors (Lipinski definition) is 4. The fraction of sp³-hybridized carbons (Fsp3) is 1.00. The van der Waals surface area contributed by atoms with Crippen molar-refractivity contribution in [2.75, 3.05) is 14.2 Å². The molecule has 3 nitrogen and oxygen atoms in total. The first-order valence-electron chi connectivity index (χ1n) is 3.88. The molecule has 0 aliphatic heterocycles. The van der Waals surface area contributed by atoms with Crippen LogP contribution in [0.4, 0.5) is 0 Å². The Balaban J connectivity index is 2.37. The Morgan fingerprint density at radius 1 is 1.55 bits per heavy atom. The molecule has 1 aliphatic rings. The summed E-state index contributed by atoms with van der Waals surface area (Å²) in [5.74, 6) is 0. The summed E-state index contributed by atoms with van der Waals surface area (Å²) >= 11 is 1.72. The normalized spacial score (nSPS) is 37.9. The van der Waals surface area contributed by atoms with Gasteiger partial charge in [-0.2, -0.15) is 0 Å². The van der Waals surface area contributed by atoms with Crippen LogP contribution in [0.25, 0.3) is 0 Å². The molecule has 1 saturated carbocycles. The van der Waals surface area contributed by atoms with E-state index in [1.165, 1.54) is 0 Å². The van der Waals surface area contributed by atoms with E-state index >= 15 is 0 Å². The van der Waals surface area contributed by atoms with E-state index in [0.717, 1.165) is 12.8 Å². The summed E-state index contributed by atoms with van der Waals surface area (Å²) in [7, 11) is 3.69. The highest BCUT2D eigenvalue weighted by molar-refractivity contribution is 7.98. The number of rotatable bonds is 3. The number of nitrogens with two attached hydrogens (primary N) is 1. The van der Waals surface area contributed by atoms with Crippen molar-refractivity contribution >= 4 is 11.9 Å². The molecule has 1 aliphatic carbocycles. The fourth-order valence-corrected chi connectivity index (χ4v) is 2.54. The average Bonchev–Trinajstić information content (AvgIpc) is 2.32. The van der Waals surface area contributed by atoms with Crippen molar-refractivity contribution in [3.8, 4) is 0 Å². The molecular weight excluding hydrogens is 160 g/mol. The Labute approximate surface area is 72.2 Å². The Hall–Kier alpha value is 0.230. The van der Waals surface area contributed by atoms with E-state index in [2.05, 4.69) is 4.72 Å². The predicted molar refractivity (Wildman–Crippen MR) is 48.4 cm³/mol. The van der Waals surface area contributed by atoms with Crippen LogP contribution in [-0.4, -0.2) is 31.6 Å². The van der Waals surface area contributed by atoms with Crippen molar-refractivity contribution in [1.82, 2.24) is 4.72 Å². The van der Waals surface area contributed by atoms with Crippen molar-refractivity contribution in [2.24, 2.45) is 5.73 Å². The van der Waals surface area contributed by atoms with Crippen LogP contribution in [0, 0.1) is 0 Å². The summed E-state index contributed by atoms with van der Waals surface area (Å²) in [5, 5.41) is 0.528. The first kappa shape index (κ1) is 9.32. The highest BCUT2D eigenvalue weighted by Gasteiger charge is 2.32. The molecule has 0 heterocycles. The molecule has 0 aromatic carbocycles. The minimum Gasteiger partial charge on any atom is -0.380 e. The standard InChI is InChI=1S/C7H16N2OS/c1-9-11-7-4-5(8)3-6(7)10-2/h5-7,9H,3-4,8H2,1-2H3.